The zero-order valence-corrected chi connectivity index (χ0v) is 13.6. The van der Waals surface area contributed by atoms with Crippen LogP contribution in [-0.4, -0.2) is 4.20 Å². The summed E-state index contributed by atoms with van der Waals surface area (Å²) in [6, 6.07) is 4.34. The van der Waals surface area contributed by atoms with E-state index < -0.39 is 0 Å². The van der Waals surface area contributed by atoms with Gasteiger partial charge in [0.15, 0.2) is 0 Å². The maximum atomic E-state index is 5.22. The van der Waals surface area contributed by atoms with Crippen LogP contribution in [0.5, 0.6) is 0 Å². The molecule has 17 heavy (non-hydrogen) atoms. The largest absolute Gasteiger partial charge is 0.139 e. The molecule has 0 aromatic carbocycles. The van der Waals surface area contributed by atoms with Gasteiger partial charge in [0.2, 0.25) is 0 Å². The quantitative estimate of drug-likeness (QED) is 0.274. The van der Waals surface area contributed by atoms with Crippen LogP contribution in [-0.2, 0) is 6.42 Å². The molecule has 0 aliphatic carbocycles. The van der Waals surface area contributed by atoms with Crippen LogP contribution >= 0.6 is 46.0 Å². The van der Waals surface area contributed by atoms with Crippen molar-refractivity contribution in [2.45, 2.75) is 51.9 Å². The molecular formula is C13H20S4. The lowest BCUT2D eigenvalue weighted by atomic mass is 10.1. The molecule has 1 aromatic rings. The van der Waals surface area contributed by atoms with Gasteiger partial charge in [0.25, 0.3) is 0 Å². The highest BCUT2D eigenvalue weighted by Crippen LogP contribution is 2.25. The van der Waals surface area contributed by atoms with Crippen molar-refractivity contribution in [3.63, 3.8) is 0 Å². The van der Waals surface area contributed by atoms with Crippen LogP contribution in [0.2, 0.25) is 0 Å². The first-order valence-electron chi connectivity index (χ1n) is 6.22. The van der Waals surface area contributed by atoms with E-state index in [9.17, 15) is 0 Å². The fourth-order valence-corrected chi connectivity index (χ4v) is 3.71. The van der Waals surface area contributed by atoms with Crippen LogP contribution in [0.3, 0.4) is 0 Å². The topological polar surface area (TPSA) is 0 Å². The number of unbranched alkanes of at least 4 members (excludes halogenated alkanes) is 5. The second-order valence-corrected chi connectivity index (χ2v) is 7.14. The van der Waals surface area contributed by atoms with Gasteiger partial charge in [-0.05, 0) is 35.8 Å². The van der Waals surface area contributed by atoms with Crippen molar-refractivity contribution in [1.82, 2.24) is 0 Å². The Hall–Kier alpha value is 0.490. The van der Waals surface area contributed by atoms with Crippen molar-refractivity contribution < 1.29 is 0 Å². The number of thiophene rings is 1. The van der Waals surface area contributed by atoms with Crippen LogP contribution in [0.25, 0.3) is 0 Å². The van der Waals surface area contributed by atoms with Gasteiger partial charge >= 0.3 is 0 Å². The molecule has 0 atom stereocenters. The maximum Gasteiger partial charge on any atom is 0.0982 e. The average Bonchev–Trinajstić information content (AvgIpc) is 2.81. The molecule has 0 radical (unpaired) electrons. The van der Waals surface area contributed by atoms with Gasteiger partial charge in [-0.2, -0.15) is 0 Å². The molecule has 0 fully saturated rings. The minimum atomic E-state index is 0.896. The zero-order chi connectivity index (χ0) is 12.5. The second-order valence-electron chi connectivity index (χ2n) is 4.16. The third-order valence-electron chi connectivity index (χ3n) is 2.72. The maximum absolute atomic E-state index is 5.22. The first-order chi connectivity index (χ1) is 8.27. The van der Waals surface area contributed by atoms with E-state index in [-0.39, 0.29) is 0 Å². The standard InChI is InChI=1S/C13H20S4/c1-2-3-4-5-6-7-8-11-9-10-12(16-11)13(14)17-15/h9-10,15H,2-8H2,1H3. The Kier molecular flexibility index (Phi) is 8.62. The number of hydrogen-bond acceptors (Lipinski definition) is 4. The Bertz CT molecular complexity index is 330. The lowest BCUT2D eigenvalue weighted by Crippen LogP contribution is -1.83. The molecule has 96 valence electrons. The monoisotopic (exact) mass is 304 g/mol. The summed E-state index contributed by atoms with van der Waals surface area (Å²) in [4.78, 5) is 2.65. The number of rotatable bonds is 8. The summed E-state index contributed by atoms with van der Waals surface area (Å²) in [7, 11) is 1.36. The molecular weight excluding hydrogens is 284 g/mol. The van der Waals surface area contributed by atoms with E-state index in [0.717, 1.165) is 4.20 Å². The van der Waals surface area contributed by atoms with Crippen LogP contribution in [0.1, 0.15) is 55.2 Å². The van der Waals surface area contributed by atoms with Crippen molar-refractivity contribution >= 4 is 50.2 Å². The smallest absolute Gasteiger partial charge is 0.0982 e. The fraction of sp³-hybridized carbons (Fsp3) is 0.615. The average molecular weight is 305 g/mol. The van der Waals surface area contributed by atoms with E-state index >= 15 is 0 Å². The van der Waals surface area contributed by atoms with Crippen molar-refractivity contribution in [1.29, 1.82) is 0 Å². The first-order valence-corrected chi connectivity index (χ1v) is 9.31. The summed E-state index contributed by atoms with van der Waals surface area (Å²) in [5.41, 5.74) is 0. The molecule has 0 saturated carbocycles. The molecule has 1 aromatic heterocycles. The van der Waals surface area contributed by atoms with Crippen LogP contribution in [0.4, 0.5) is 0 Å². The van der Waals surface area contributed by atoms with E-state index in [1.165, 1.54) is 65.5 Å². The lowest BCUT2D eigenvalue weighted by Gasteiger charge is -1.99. The van der Waals surface area contributed by atoms with Gasteiger partial charge in [0.1, 0.15) is 0 Å². The molecule has 1 rings (SSSR count). The van der Waals surface area contributed by atoms with E-state index in [1.807, 2.05) is 11.3 Å². The molecule has 1 heterocycles. The predicted molar refractivity (Wildman–Crippen MR) is 89.7 cm³/mol. The number of thiocarbonyl (C=S) groups is 1. The van der Waals surface area contributed by atoms with Gasteiger partial charge in [-0.15, -0.1) is 23.0 Å². The molecule has 0 saturated heterocycles. The van der Waals surface area contributed by atoms with E-state index in [4.69, 9.17) is 12.2 Å². The summed E-state index contributed by atoms with van der Waals surface area (Å²) in [6.45, 7) is 2.26. The third-order valence-corrected chi connectivity index (χ3v) is 5.92. The molecule has 0 unspecified atom stereocenters. The zero-order valence-electron chi connectivity index (χ0n) is 10.3. The molecule has 0 nitrogen and oxygen atoms in total. The summed E-state index contributed by atoms with van der Waals surface area (Å²) in [5, 5.41) is 0. The van der Waals surface area contributed by atoms with Crippen LogP contribution in [0, 0.1) is 0 Å². The Balaban J connectivity index is 2.19. The van der Waals surface area contributed by atoms with Crippen molar-refractivity contribution in [2.75, 3.05) is 0 Å². The number of hydrogen-bond donors (Lipinski definition) is 1. The minimum absolute atomic E-state index is 0.896. The minimum Gasteiger partial charge on any atom is -0.139 e. The predicted octanol–water partition coefficient (Wildman–Crippen LogP) is 5.90. The molecule has 0 spiro atoms. The normalized spacial score (nSPS) is 10.7. The number of thiol groups is 1. The lowest BCUT2D eigenvalue weighted by molar-refractivity contribution is 0.609. The summed E-state index contributed by atoms with van der Waals surface area (Å²) in [6.07, 6.45) is 9.37. The van der Waals surface area contributed by atoms with Gasteiger partial charge < -0.3 is 0 Å². The van der Waals surface area contributed by atoms with Crippen molar-refractivity contribution in [3.05, 3.63) is 21.9 Å². The summed E-state index contributed by atoms with van der Waals surface area (Å²) in [5.74, 6) is 0. The Labute approximate surface area is 123 Å². The molecule has 0 bridgehead atoms. The van der Waals surface area contributed by atoms with Crippen LogP contribution in [0.15, 0.2) is 12.1 Å². The summed E-state index contributed by atoms with van der Waals surface area (Å²) >= 11 is 11.2. The first kappa shape index (κ1) is 15.5. The van der Waals surface area contributed by atoms with Gasteiger partial charge in [0, 0.05) is 4.88 Å². The molecule has 0 N–H and O–H groups in total. The molecule has 4 heteroatoms. The Morgan fingerprint density at radius 2 is 1.94 bits per heavy atom. The van der Waals surface area contributed by atoms with Crippen molar-refractivity contribution in [2.24, 2.45) is 0 Å². The highest BCUT2D eigenvalue weighted by atomic mass is 33.1. The Morgan fingerprint density at radius 1 is 1.24 bits per heavy atom. The molecule has 0 aliphatic rings. The highest BCUT2D eigenvalue weighted by Gasteiger charge is 2.04. The second kappa shape index (κ2) is 9.42. The fourth-order valence-electron chi connectivity index (χ4n) is 1.75. The SMILES string of the molecule is CCCCCCCCc1ccc(C(=S)SS)s1. The highest BCUT2D eigenvalue weighted by molar-refractivity contribution is 8.76. The van der Waals surface area contributed by atoms with Gasteiger partial charge in [0.05, 0.1) is 9.07 Å². The molecule has 0 amide bonds. The Morgan fingerprint density at radius 3 is 2.65 bits per heavy atom. The van der Waals surface area contributed by atoms with E-state index in [1.54, 1.807) is 0 Å². The number of aryl methyl sites for hydroxylation is 1. The van der Waals surface area contributed by atoms with Gasteiger partial charge in [-0.1, -0.05) is 51.2 Å². The van der Waals surface area contributed by atoms with Gasteiger partial charge in [-0.3, -0.25) is 0 Å². The third kappa shape index (κ3) is 6.27. The van der Waals surface area contributed by atoms with Crippen molar-refractivity contribution in [3.8, 4) is 0 Å². The van der Waals surface area contributed by atoms with E-state index in [0.29, 0.717) is 0 Å². The van der Waals surface area contributed by atoms with E-state index in [2.05, 4.69) is 30.7 Å². The molecule has 0 aliphatic heterocycles. The summed E-state index contributed by atoms with van der Waals surface area (Å²) < 4.78 is 0.896. The van der Waals surface area contributed by atoms with Crippen LogP contribution < -0.4 is 0 Å². The van der Waals surface area contributed by atoms with Gasteiger partial charge in [-0.25, -0.2) is 0 Å².